The van der Waals surface area contributed by atoms with E-state index in [-0.39, 0.29) is 72.4 Å². The molecular formula is C42H46N4O10S. The Hall–Kier alpha value is -5.22. The number of methoxy groups -OCH3 is 1. The highest BCUT2D eigenvalue weighted by Gasteiger charge is 2.64. The Bertz CT molecular complexity index is 2320. The van der Waals surface area contributed by atoms with Gasteiger partial charge in [-0.05, 0) is 62.0 Å². The number of ether oxygens (including phenoxy) is 3. The zero-order valence-electron chi connectivity index (χ0n) is 32.1. The molecule has 0 unspecified atom stereocenters. The summed E-state index contributed by atoms with van der Waals surface area (Å²) in [5.74, 6) is -3.38. The highest BCUT2D eigenvalue weighted by Crippen LogP contribution is 2.57. The average molecular weight is 799 g/mol. The Morgan fingerprint density at radius 2 is 1.63 bits per heavy atom. The van der Waals surface area contributed by atoms with Gasteiger partial charge in [-0.1, -0.05) is 60.7 Å². The summed E-state index contributed by atoms with van der Waals surface area (Å²) in [6.07, 6.45) is 1.98. The van der Waals surface area contributed by atoms with Gasteiger partial charge in [0.25, 0.3) is 5.88 Å². The molecule has 0 saturated carbocycles. The molecule has 57 heavy (non-hydrogen) atoms. The Balaban J connectivity index is 1.19. The van der Waals surface area contributed by atoms with E-state index in [1.54, 1.807) is 25.1 Å². The van der Waals surface area contributed by atoms with Crippen molar-refractivity contribution in [2.75, 3.05) is 51.9 Å². The van der Waals surface area contributed by atoms with Crippen molar-refractivity contribution < 1.29 is 47.0 Å². The fraction of sp³-hybridized carbons (Fsp3) is 0.405. The maximum Gasteiger partial charge on any atom is 0.265 e. The highest BCUT2D eigenvalue weighted by atomic mass is 32.2. The van der Waals surface area contributed by atoms with E-state index < -0.39 is 50.8 Å². The lowest BCUT2D eigenvalue weighted by Gasteiger charge is -2.49. The predicted molar refractivity (Wildman–Crippen MR) is 209 cm³/mol. The van der Waals surface area contributed by atoms with Crippen molar-refractivity contribution in [1.82, 2.24) is 14.4 Å². The van der Waals surface area contributed by atoms with Gasteiger partial charge in [-0.3, -0.25) is 14.5 Å². The first-order valence-electron chi connectivity index (χ1n) is 19.1. The molecule has 300 valence electrons. The minimum absolute atomic E-state index is 0.0187. The molecule has 4 aliphatic rings. The molecule has 14 nitrogen and oxygen atoms in total. The molecule has 2 heterocycles. The number of carbonyl (C=O) groups excluding carboxylic acids is 2. The number of rotatable bonds is 13. The van der Waals surface area contributed by atoms with Gasteiger partial charge in [-0.25, -0.2) is 12.7 Å². The van der Waals surface area contributed by atoms with Crippen LogP contribution in [0, 0.1) is 11.8 Å². The van der Waals surface area contributed by atoms with Crippen LogP contribution >= 0.6 is 0 Å². The smallest absolute Gasteiger partial charge is 0.265 e. The molecule has 0 amide bonds. The van der Waals surface area contributed by atoms with Crippen molar-refractivity contribution in [2.24, 2.45) is 11.8 Å². The van der Waals surface area contributed by atoms with E-state index in [1.165, 1.54) is 11.4 Å². The number of hydrogen-bond acceptors (Lipinski definition) is 13. The van der Waals surface area contributed by atoms with Gasteiger partial charge in [0.1, 0.15) is 30.3 Å². The number of hydrogen-bond donors (Lipinski definition) is 3. The summed E-state index contributed by atoms with van der Waals surface area (Å²) in [5.41, 5.74) is -0.119. The molecule has 3 N–H and O–H groups in total. The molecule has 0 bridgehead atoms. The van der Waals surface area contributed by atoms with E-state index in [0.717, 1.165) is 24.0 Å². The Morgan fingerprint density at radius 1 is 0.982 bits per heavy atom. The van der Waals surface area contributed by atoms with E-state index in [2.05, 4.69) is 10.5 Å². The highest BCUT2D eigenvalue weighted by molar-refractivity contribution is 7.89. The summed E-state index contributed by atoms with van der Waals surface area (Å²) in [6.45, 7) is 1.13. The first-order chi connectivity index (χ1) is 27.4. The maximum atomic E-state index is 15.0. The normalized spacial score (nSPS) is 23.1. The van der Waals surface area contributed by atoms with Crippen LogP contribution in [0.25, 0.3) is 0 Å². The number of fused-ring (bicyclic) bond motifs is 4. The van der Waals surface area contributed by atoms with Crippen LogP contribution in [-0.4, -0.2) is 96.8 Å². The van der Waals surface area contributed by atoms with Crippen LogP contribution in [0.15, 0.2) is 82.6 Å². The predicted octanol–water partition coefficient (Wildman–Crippen LogP) is 5.10. The van der Waals surface area contributed by atoms with Crippen LogP contribution in [0.4, 0.5) is 5.69 Å². The first-order valence-corrected chi connectivity index (χ1v) is 20.7. The molecule has 8 rings (SSSR count). The number of carbonyl (C=O) groups is 2. The third-order valence-electron chi connectivity index (χ3n) is 11.6. The van der Waals surface area contributed by atoms with E-state index in [9.17, 15) is 23.4 Å². The molecular weight excluding hydrogens is 753 g/mol. The minimum atomic E-state index is -3.53. The Kier molecular flexibility index (Phi) is 10.4. The zero-order valence-corrected chi connectivity index (χ0v) is 32.9. The molecule has 0 radical (unpaired) electrons. The number of ketones is 2. The fourth-order valence-corrected chi connectivity index (χ4v) is 10.3. The lowest BCUT2D eigenvalue weighted by molar-refractivity contribution is -0.0559. The van der Waals surface area contributed by atoms with Crippen molar-refractivity contribution in [3.63, 3.8) is 0 Å². The second kappa shape index (κ2) is 15.3. The molecule has 3 aliphatic carbocycles. The number of sulfonamides is 1. The second-order valence-corrected chi connectivity index (χ2v) is 17.4. The third-order valence-corrected chi connectivity index (χ3v) is 13.5. The van der Waals surface area contributed by atoms with Crippen molar-refractivity contribution in [3.05, 3.63) is 112 Å². The van der Waals surface area contributed by atoms with Crippen molar-refractivity contribution >= 4 is 27.3 Å². The Labute approximate surface area is 331 Å². The van der Waals surface area contributed by atoms with Crippen molar-refractivity contribution in [3.8, 4) is 17.4 Å². The van der Waals surface area contributed by atoms with Gasteiger partial charge in [-0.2, -0.15) is 0 Å². The van der Waals surface area contributed by atoms with Crippen LogP contribution in [0.1, 0.15) is 68.5 Å². The van der Waals surface area contributed by atoms with Gasteiger partial charge in [0.05, 0.1) is 30.2 Å². The van der Waals surface area contributed by atoms with Crippen LogP contribution in [0.5, 0.6) is 17.4 Å². The molecule has 3 aromatic carbocycles. The summed E-state index contributed by atoms with van der Waals surface area (Å²) in [7, 11) is 1.51. The van der Waals surface area contributed by atoms with Gasteiger partial charge >= 0.3 is 0 Å². The molecule has 1 aliphatic heterocycles. The number of aliphatic hydroxyl groups excluding tert-OH is 1. The molecule has 1 fully saturated rings. The lowest BCUT2D eigenvalue weighted by Crippen LogP contribution is -2.59. The van der Waals surface area contributed by atoms with E-state index in [4.69, 9.17) is 18.7 Å². The molecule has 15 heteroatoms. The standard InChI is InChI=1S/C42H46N4O10S/c1-45(2)35-29-21-27-20-28-31(53-3)22-30(43-16-19-57(51,52)46-17-10-11-18-46)37(54-23-25-12-6-4-7-13-25)33(28)36(47)32(27)39(48)42(29,50)40(49)34-38(35)56-44-41(34)55-24-26-14-8-5-9-15-26/h4-9,12-15,22,27,29,35,43,48,50H,10-11,16-21,23-24H2,1-3H3/t27-,29-,35-,42-/m0/s1. The minimum Gasteiger partial charge on any atom is -0.508 e. The van der Waals surface area contributed by atoms with Gasteiger partial charge in [0, 0.05) is 42.8 Å². The molecule has 0 spiro atoms. The number of anilines is 1. The molecule has 1 saturated heterocycles. The summed E-state index contributed by atoms with van der Waals surface area (Å²) < 4.78 is 51.7. The van der Waals surface area contributed by atoms with Crippen molar-refractivity contribution in [1.29, 1.82) is 0 Å². The quantitative estimate of drug-likeness (QED) is 0.163. The molecule has 4 aromatic rings. The lowest BCUT2D eigenvalue weighted by atomic mass is 9.58. The number of aliphatic hydroxyl groups is 2. The first kappa shape index (κ1) is 38.6. The fourth-order valence-electron chi connectivity index (χ4n) is 8.88. The van der Waals surface area contributed by atoms with E-state index >= 15 is 4.79 Å². The van der Waals surface area contributed by atoms with Crippen LogP contribution in [0.3, 0.4) is 0 Å². The zero-order chi connectivity index (χ0) is 40.1. The van der Waals surface area contributed by atoms with Gasteiger partial charge in [0.2, 0.25) is 15.8 Å². The number of nitrogens with zero attached hydrogens (tertiary/aromatic N) is 3. The van der Waals surface area contributed by atoms with E-state index in [0.29, 0.717) is 30.1 Å². The molecule has 4 atom stereocenters. The maximum absolute atomic E-state index is 15.0. The molecule has 1 aromatic heterocycles. The number of nitrogens with one attached hydrogen (secondary N) is 1. The van der Waals surface area contributed by atoms with Gasteiger partial charge < -0.3 is 34.3 Å². The van der Waals surface area contributed by atoms with Crippen molar-refractivity contribution in [2.45, 2.75) is 50.5 Å². The summed E-state index contributed by atoms with van der Waals surface area (Å²) in [6, 6.07) is 19.6. The van der Waals surface area contributed by atoms with Gasteiger partial charge in [0.15, 0.2) is 22.9 Å². The summed E-state index contributed by atoms with van der Waals surface area (Å²) in [4.78, 5) is 31.4. The number of Topliss-reactive ketones (excluding diaryl/α,β-unsaturated/α-hetero) is 2. The van der Waals surface area contributed by atoms with Crippen LogP contribution in [0.2, 0.25) is 0 Å². The topological polar surface area (TPSA) is 181 Å². The number of aromatic nitrogens is 1. The summed E-state index contributed by atoms with van der Waals surface area (Å²) in [5, 5.41) is 32.1. The monoisotopic (exact) mass is 798 g/mol. The Morgan fingerprint density at radius 3 is 2.26 bits per heavy atom. The average Bonchev–Trinajstić information content (AvgIpc) is 3.90. The van der Waals surface area contributed by atoms with Crippen LogP contribution < -0.4 is 19.5 Å². The number of allylic oxidation sites excluding steroid dienone is 1. The summed E-state index contributed by atoms with van der Waals surface area (Å²) >= 11 is 0. The second-order valence-electron chi connectivity index (χ2n) is 15.3. The third kappa shape index (κ3) is 6.75. The van der Waals surface area contributed by atoms with Gasteiger partial charge in [-0.15, -0.1) is 0 Å². The SMILES string of the molecule is COc1cc(NCCS(=O)(=O)N2CCCC2)c(OCc2ccccc2)c2c1C[C@H]1C[C@H]3[C@H](N(C)C)c4onc(OCc5ccccc5)c4C(=O)[C@@]3(O)C(O)=C1C2=O. The largest absolute Gasteiger partial charge is 0.508 e. The number of benzene rings is 3. The van der Waals surface area contributed by atoms with E-state index in [1.807, 2.05) is 60.7 Å². The van der Waals surface area contributed by atoms with Crippen LogP contribution in [-0.2, 0) is 29.7 Å².